The summed E-state index contributed by atoms with van der Waals surface area (Å²) in [5.74, 6) is -2.66. The van der Waals surface area contributed by atoms with E-state index < -0.39 is 35.7 Å². The molecule has 0 aliphatic rings. The fourth-order valence-corrected chi connectivity index (χ4v) is 1.48. The maximum absolute atomic E-state index is 13.6. The van der Waals surface area contributed by atoms with E-state index in [9.17, 15) is 18.7 Å². The summed E-state index contributed by atoms with van der Waals surface area (Å²) in [7, 11) is 1.27. The van der Waals surface area contributed by atoms with Gasteiger partial charge in [-0.1, -0.05) is 0 Å². The summed E-state index contributed by atoms with van der Waals surface area (Å²) < 4.78 is 36.4. The Morgan fingerprint density at radius 1 is 1.39 bits per heavy atom. The molecule has 0 radical (unpaired) electrons. The lowest BCUT2D eigenvalue weighted by atomic mass is 10.0. The predicted molar refractivity (Wildman–Crippen MR) is 59.1 cm³/mol. The van der Waals surface area contributed by atoms with E-state index >= 15 is 0 Å². The topological polar surface area (TPSA) is 55.8 Å². The minimum atomic E-state index is -1.59. The second-order valence-electron chi connectivity index (χ2n) is 3.53. The second kappa shape index (κ2) is 6.30. The Balaban J connectivity index is 2.92. The fraction of sp³-hybridized carbons (Fsp3) is 0.417. The Labute approximate surface area is 103 Å². The molecule has 1 N–H and O–H groups in total. The number of hydrogen-bond donors (Lipinski definition) is 1. The quantitative estimate of drug-likeness (QED) is 0.822. The number of halogens is 2. The number of carbonyl (C=O) groups excluding carboxylic acids is 1. The number of rotatable bonds is 5. The zero-order valence-corrected chi connectivity index (χ0v) is 10.1. The lowest BCUT2D eigenvalue weighted by molar-refractivity contribution is -0.145. The number of ether oxygens (including phenoxy) is 2. The van der Waals surface area contributed by atoms with E-state index in [1.165, 1.54) is 7.11 Å². The number of benzene rings is 1. The van der Waals surface area contributed by atoms with Gasteiger partial charge in [0, 0.05) is 12.1 Å². The SMILES string of the molecule is CCOC(=O)CC(O)c1c(F)cc(OC)cc1F. The van der Waals surface area contributed by atoms with Crippen LogP contribution in [-0.4, -0.2) is 24.8 Å². The third-order valence-electron chi connectivity index (χ3n) is 2.29. The Bertz CT molecular complexity index is 411. The van der Waals surface area contributed by atoms with E-state index in [1.807, 2.05) is 0 Å². The first kappa shape index (κ1) is 14.4. The van der Waals surface area contributed by atoms with Crippen LogP contribution in [0.1, 0.15) is 25.0 Å². The third-order valence-corrected chi connectivity index (χ3v) is 2.29. The molecule has 1 rings (SSSR count). The average Bonchev–Trinajstić information content (AvgIpc) is 2.27. The smallest absolute Gasteiger partial charge is 0.308 e. The van der Waals surface area contributed by atoms with E-state index in [2.05, 4.69) is 9.47 Å². The molecule has 4 nitrogen and oxygen atoms in total. The number of aliphatic hydroxyl groups excluding tert-OH is 1. The molecule has 100 valence electrons. The molecule has 0 heterocycles. The Hall–Kier alpha value is -1.69. The number of methoxy groups -OCH3 is 1. The largest absolute Gasteiger partial charge is 0.497 e. The zero-order valence-electron chi connectivity index (χ0n) is 10.1. The normalized spacial score (nSPS) is 12.1. The van der Waals surface area contributed by atoms with Crippen LogP contribution in [0.15, 0.2) is 12.1 Å². The second-order valence-corrected chi connectivity index (χ2v) is 3.53. The van der Waals surface area contributed by atoms with Crippen molar-refractivity contribution in [1.29, 1.82) is 0 Å². The summed E-state index contributed by atoms with van der Waals surface area (Å²) in [5.41, 5.74) is -0.566. The molecule has 0 aliphatic heterocycles. The summed E-state index contributed by atoms with van der Waals surface area (Å²) >= 11 is 0. The van der Waals surface area contributed by atoms with Crippen molar-refractivity contribution in [2.24, 2.45) is 0 Å². The first-order valence-corrected chi connectivity index (χ1v) is 5.36. The molecule has 1 atom stereocenters. The average molecular weight is 260 g/mol. The maximum Gasteiger partial charge on any atom is 0.308 e. The minimum absolute atomic E-state index is 0.00270. The van der Waals surface area contributed by atoms with Gasteiger partial charge < -0.3 is 14.6 Å². The first-order chi connectivity index (χ1) is 8.49. The van der Waals surface area contributed by atoms with Gasteiger partial charge in [-0.2, -0.15) is 0 Å². The lowest BCUT2D eigenvalue weighted by Gasteiger charge is -2.13. The monoisotopic (exact) mass is 260 g/mol. The van der Waals surface area contributed by atoms with Crippen LogP contribution < -0.4 is 4.74 Å². The Kier molecular flexibility index (Phi) is 5.03. The third kappa shape index (κ3) is 3.40. The Morgan fingerprint density at radius 2 is 1.94 bits per heavy atom. The maximum atomic E-state index is 13.6. The predicted octanol–water partition coefficient (Wildman–Crippen LogP) is 1.96. The van der Waals surface area contributed by atoms with Gasteiger partial charge in [-0.15, -0.1) is 0 Å². The summed E-state index contributed by atoms with van der Waals surface area (Å²) in [6, 6.07) is 1.87. The van der Waals surface area contributed by atoms with Gasteiger partial charge in [0.05, 0.1) is 31.8 Å². The van der Waals surface area contributed by atoms with Crippen LogP contribution >= 0.6 is 0 Å². The molecule has 0 bridgehead atoms. The summed E-state index contributed by atoms with van der Waals surface area (Å²) in [5, 5.41) is 9.62. The van der Waals surface area contributed by atoms with Crippen LogP contribution in [-0.2, 0) is 9.53 Å². The lowest BCUT2D eigenvalue weighted by Crippen LogP contribution is -2.12. The molecule has 0 spiro atoms. The number of carbonyl (C=O) groups is 1. The highest BCUT2D eigenvalue weighted by Crippen LogP contribution is 2.27. The first-order valence-electron chi connectivity index (χ1n) is 5.36. The van der Waals surface area contributed by atoms with Crippen molar-refractivity contribution in [1.82, 2.24) is 0 Å². The van der Waals surface area contributed by atoms with Gasteiger partial charge in [0.25, 0.3) is 0 Å². The van der Waals surface area contributed by atoms with Gasteiger partial charge in [-0.3, -0.25) is 4.79 Å². The molecule has 1 unspecified atom stereocenters. The summed E-state index contributed by atoms with van der Waals surface area (Å²) in [6.45, 7) is 1.73. The van der Waals surface area contributed by atoms with Crippen LogP contribution in [0.4, 0.5) is 8.78 Å². The van der Waals surface area contributed by atoms with Gasteiger partial charge in [0.15, 0.2) is 0 Å². The van der Waals surface area contributed by atoms with Crippen molar-refractivity contribution in [2.75, 3.05) is 13.7 Å². The number of esters is 1. The van der Waals surface area contributed by atoms with Crippen LogP contribution in [0.5, 0.6) is 5.75 Å². The molecule has 0 saturated carbocycles. The van der Waals surface area contributed by atoms with Crippen LogP contribution in [0.3, 0.4) is 0 Å². The van der Waals surface area contributed by atoms with E-state index in [1.54, 1.807) is 6.92 Å². The molecule has 6 heteroatoms. The van der Waals surface area contributed by atoms with E-state index in [0.717, 1.165) is 12.1 Å². The van der Waals surface area contributed by atoms with Crippen molar-refractivity contribution >= 4 is 5.97 Å². The Morgan fingerprint density at radius 3 is 2.39 bits per heavy atom. The van der Waals surface area contributed by atoms with E-state index in [0.29, 0.717) is 0 Å². The van der Waals surface area contributed by atoms with Crippen molar-refractivity contribution in [3.8, 4) is 5.75 Å². The molecule has 0 fully saturated rings. The van der Waals surface area contributed by atoms with Crippen molar-refractivity contribution in [3.63, 3.8) is 0 Å². The molecule has 18 heavy (non-hydrogen) atoms. The van der Waals surface area contributed by atoms with Gasteiger partial charge in [-0.05, 0) is 6.92 Å². The number of hydrogen-bond acceptors (Lipinski definition) is 4. The minimum Gasteiger partial charge on any atom is -0.497 e. The van der Waals surface area contributed by atoms with Crippen molar-refractivity contribution in [3.05, 3.63) is 29.3 Å². The molecular formula is C12H14F2O4. The molecule has 0 amide bonds. The molecule has 0 saturated heterocycles. The summed E-state index contributed by atoms with van der Waals surface area (Å²) in [4.78, 5) is 11.1. The summed E-state index contributed by atoms with van der Waals surface area (Å²) in [6.07, 6.45) is -2.09. The van der Waals surface area contributed by atoms with Gasteiger partial charge in [0.2, 0.25) is 0 Å². The highest BCUT2D eigenvalue weighted by atomic mass is 19.1. The van der Waals surface area contributed by atoms with Gasteiger partial charge in [-0.25, -0.2) is 8.78 Å². The van der Waals surface area contributed by atoms with E-state index in [-0.39, 0.29) is 12.4 Å². The van der Waals surface area contributed by atoms with Gasteiger partial charge >= 0.3 is 5.97 Å². The van der Waals surface area contributed by atoms with Crippen LogP contribution in [0.2, 0.25) is 0 Å². The van der Waals surface area contributed by atoms with Crippen LogP contribution in [0, 0.1) is 11.6 Å². The zero-order chi connectivity index (χ0) is 13.7. The molecule has 0 aromatic heterocycles. The highest BCUT2D eigenvalue weighted by Gasteiger charge is 2.22. The van der Waals surface area contributed by atoms with E-state index in [4.69, 9.17) is 0 Å². The molecule has 1 aromatic carbocycles. The van der Waals surface area contributed by atoms with Crippen molar-refractivity contribution in [2.45, 2.75) is 19.4 Å². The fourth-order valence-electron chi connectivity index (χ4n) is 1.48. The standard InChI is InChI=1S/C12H14F2O4/c1-3-18-11(16)6-10(15)12-8(13)4-7(17-2)5-9(12)14/h4-5,10,15H,3,6H2,1-2H3. The van der Waals surface area contributed by atoms with Crippen molar-refractivity contribution < 1.29 is 28.2 Å². The molecule has 0 aliphatic carbocycles. The van der Waals surface area contributed by atoms with Crippen LogP contribution in [0.25, 0.3) is 0 Å². The molecular weight excluding hydrogens is 246 g/mol. The van der Waals surface area contributed by atoms with Gasteiger partial charge in [0.1, 0.15) is 17.4 Å². The highest BCUT2D eigenvalue weighted by molar-refractivity contribution is 5.70. The number of aliphatic hydroxyl groups is 1. The molecule has 1 aromatic rings.